The summed E-state index contributed by atoms with van der Waals surface area (Å²) in [6.07, 6.45) is -5.65. The molecule has 0 amide bonds. The highest BCUT2D eigenvalue weighted by molar-refractivity contribution is 4.84. The third-order valence-electron chi connectivity index (χ3n) is 1.40. The Balaban J connectivity index is 4.57. The van der Waals surface area contributed by atoms with Crippen molar-refractivity contribution in [1.82, 2.24) is 0 Å². The van der Waals surface area contributed by atoms with Crippen molar-refractivity contribution in [2.45, 2.75) is 12.1 Å². The first-order valence-electron chi connectivity index (χ1n) is 3.02. The molecule has 7 heteroatoms. The number of hydrogen-bond donors (Lipinski definition) is 2. The molecule has 12 heavy (non-hydrogen) atoms. The molecule has 0 aromatic carbocycles. The topological polar surface area (TPSA) is 46.2 Å². The van der Waals surface area contributed by atoms with Gasteiger partial charge in [0.25, 0.3) is 0 Å². The van der Waals surface area contributed by atoms with Crippen LogP contribution in [0.1, 0.15) is 0 Å². The summed E-state index contributed by atoms with van der Waals surface area (Å²) in [5.74, 6) is -7.19. The quantitative estimate of drug-likeness (QED) is 0.649. The van der Waals surface area contributed by atoms with Crippen molar-refractivity contribution < 1.29 is 27.1 Å². The number of halogens is 5. The van der Waals surface area contributed by atoms with E-state index in [0.29, 0.717) is 0 Å². The van der Waals surface area contributed by atoms with Gasteiger partial charge in [-0.3, -0.25) is 0 Å². The second kappa shape index (κ2) is 3.53. The molecule has 2 nitrogen and oxygen atoms in total. The maximum Gasteiger partial charge on any atom is 0.453 e. The molecule has 0 aromatic rings. The molecule has 1 unspecified atom stereocenters. The van der Waals surface area contributed by atoms with E-state index in [1.54, 1.807) is 0 Å². The maximum atomic E-state index is 12.2. The Labute approximate surface area is 65.2 Å². The zero-order valence-electron chi connectivity index (χ0n) is 5.91. The average molecular weight is 193 g/mol. The van der Waals surface area contributed by atoms with Crippen LogP contribution in [0.2, 0.25) is 0 Å². The summed E-state index contributed by atoms with van der Waals surface area (Å²) in [5.41, 5.74) is 4.63. The molecule has 0 aliphatic heterocycles. The predicted octanol–water partition coefficient (Wildman–Crippen LogP) is 0.751. The highest BCUT2D eigenvalue weighted by Crippen LogP contribution is 2.40. The zero-order valence-corrected chi connectivity index (χ0v) is 5.91. The highest BCUT2D eigenvalue weighted by atomic mass is 19.4. The summed E-state index contributed by atoms with van der Waals surface area (Å²) in [7, 11) is 0. The van der Waals surface area contributed by atoms with E-state index < -0.39 is 31.2 Å². The third-order valence-corrected chi connectivity index (χ3v) is 1.40. The molecule has 0 saturated carbocycles. The van der Waals surface area contributed by atoms with Crippen LogP contribution >= 0.6 is 0 Å². The van der Waals surface area contributed by atoms with E-state index in [9.17, 15) is 22.0 Å². The molecule has 0 radical (unpaired) electrons. The zero-order chi connectivity index (χ0) is 9.99. The minimum absolute atomic E-state index is 0.914. The van der Waals surface area contributed by atoms with Crippen LogP contribution in [0.25, 0.3) is 0 Å². The smallest absolute Gasteiger partial charge is 0.396 e. The fourth-order valence-corrected chi connectivity index (χ4v) is 0.569. The molecule has 0 bridgehead atoms. The van der Waals surface area contributed by atoms with Crippen molar-refractivity contribution in [1.29, 1.82) is 0 Å². The molecular weight excluding hydrogens is 185 g/mol. The highest BCUT2D eigenvalue weighted by Gasteiger charge is 2.61. The summed E-state index contributed by atoms with van der Waals surface area (Å²) in [6, 6.07) is 0. The Morgan fingerprint density at radius 1 is 1.17 bits per heavy atom. The van der Waals surface area contributed by atoms with Gasteiger partial charge in [0.15, 0.2) is 0 Å². The fourth-order valence-electron chi connectivity index (χ4n) is 0.569. The van der Waals surface area contributed by atoms with Crippen LogP contribution in [0.3, 0.4) is 0 Å². The van der Waals surface area contributed by atoms with Gasteiger partial charge in [-0.1, -0.05) is 0 Å². The molecule has 0 spiro atoms. The molecule has 0 heterocycles. The number of rotatable bonds is 3. The van der Waals surface area contributed by atoms with Crippen molar-refractivity contribution in [2.75, 3.05) is 13.2 Å². The maximum absolute atomic E-state index is 12.2. The number of alkyl halides is 5. The number of aliphatic hydroxyl groups is 1. The second-order valence-corrected chi connectivity index (χ2v) is 2.24. The van der Waals surface area contributed by atoms with Crippen molar-refractivity contribution in [2.24, 2.45) is 11.7 Å². The number of aliphatic hydroxyl groups excluding tert-OH is 1. The lowest BCUT2D eigenvalue weighted by Crippen LogP contribution is -2.48. The minimum atomic E-state index is -5.65. The van der Waals surface area contributed by atoms with Crippen LogP contribution in [0.4, 0.5) is 22.0 Å². The van der Waals surface area contributed by atoms with Gasteiger partial charge >= 0.3 is 12.1 Å². The van der Waals surface area contributed by atoms with Crippen LogP contribution in [-0.2, 0) is 0 Å². The summed E-state index contributed by atoms with van der Waals surface area (Å²) in [6.45, 7) is -2.20. The Hall–Kier alpha value is -0.430. The molecule has 3 N–H and O–H groups in total. The molecule has 0 aliphatic rings. The van der Waals surface area contributed by atoms with E-state index in [4.69, 9.17) is 5.11 Å². The van der Waals surface area contributed by atoms with Gasteiger partial charge in [-0.2, -0.15) is 22.0 Å². The Morgan fingerprint density at radius 3 is 1.67 bits per heavy atom. The molecule has 0 saturated heterocycles. The van der Waals surface area contributed by atoms with Gasteiger partial charge in [0.05, 0.1) is 12.5 Å². The molecule has 74 valence electrons. The predicted molar refractivity (Wildman–Crippen MR) is 30.6 cm³/mol. The first-order chi connectivity index (χ1) is 5.27. The van der Waals surface area contributed by atoms with Crippen molar-refractivity contribution in [3.8, 4) is 0 Å². The van der Waals surface area contributed by atoms with Gasteiger partial charge in [0.2, 0.25) is 0 Å². The minimum Gasteiger partial charge on any atom is -0.396 e. The van der Waals surface area contributed by atoms with E-state index in [1.807, 2.05) is 0 Å². The van der Waals surface area contributed by atoms with Crippen molar-refractivity contribution in [3.63, 3.8) is 0 Å². The van der Waals surface area contributed by atoms with Gasteiger partial charge in [-0.15, -0.1) is 0 Å². The summed E-state index contributed by atoms with van der Waals surface area (Å²) in [4.78, 5) is 0. The lowest BCUT2D eigenvalue weighted by Gasteiger charge is -2.25. The first kappa shape index (κ1) is 11.6. The third kappa shape index (κ3) is 2.04. The lowest BCUT2D eigenvalue weighted by molar-refractivity contribution is -0.304. The van der Waals surface area contributed by atoms with E-state index in [0.717, 1.165) is 0 Å². The van der Waals surface area contributed by atoms with Crippen LogP contribution in [0.15, 0.2) is 0 Å². The Morgan fingerprint density at radius 2 is 1.58 bits per heavy atom. The summed E-state index contributed by atoms with van der Waals surface area (Å²) in [5, 5.41) is 8.16. The largest absolute Gasteiger partial charge is 0.453 e. The lowest BCUT2D eigenvalue weighted by atomic mass is 10.0. The summed E-state index contributed by atoms with van der Waals surface area (Å²) < 4.78 is 59.1. The molecule has 1 atom stereocenters. The van der Waals surface area contributed by atoms with Crippen LogP contribution < -0.4 is 5.73 Å². The summed E-state index contributed by atoms with van der Waals surface area (Å²) >= 11 is 0. The molecule has 0 rings (SSSR count). The Bertz CT molecular complexity index is 141. The van der Waals surface area contributed by atoms with Crippen molar-refractivity contribution in [3.05, 3.63) is 0 Å². The standard InChI is InChI=1S/C5H8F5NO/c6-4(7,5(8,9)10)3(1-11)2-12/h3,12H,1-2,11H2. The average Bonchev–Trinajstić information content (AvgIpc) is 1.87. The number of hydrogen-bond acceptors (Lipinski definition) is 2. The Kier molecular flexibility index (Phi) is 3.40. The molecule has 0 aliphatic carbocycles. The van der Waals surface area contributed by atoms with Gasteiger partial charge in [0.1, 0.15) is 0 Å². The van der Waals surface area contributed by atoms with Gasteiger partial charge in [-0.25, -0.2) is 0 Å². The molecule has 0 fully saturated rings. The van der Waals surface area contributed by atoms with Crippen LogP contribution in [0.5, 0.6) is 0 Å². The first-order valence-corrected chi connectivity index (χ1v) is 3.02. The van der Waals surface area contributed by atoms with E-state index in [-0.39, 0.29) is 0 Å². The van der Waals surface area contributed by atoms with Crippen molar-refractivity contribution >= 4 is 0 Å². The SMILES string of the molecule is NCC(CO)C(F)(F)C(F)(F)F. The van der Waals surface area contributed by atoms with Gasteiger partial charge < -0.3 is 10.8 Å². The van der Waals surface area contributed by atoms with Gasteiger partial charge in [-0.05, 0) is 0 Å². The van der Waals surface area contributed by atoms with Gasteiger partial charge in [0, 0.05) is 6.54 Å². The number of nitrogens with two attached hydrogens (primary N) is 1. The fraction of sp³-hybridized carbons (Fsp3) is 1.00. The molecular formula is C5H8F5NO. The normalized spacial score (nSPS) is 16.2. The van der Waals surface area contributed by atoms with E-state index in [2.05, 4.69) is 5.73 Å². The molecule has 0 aromatic heterocycles. The van der Waals surface area contributed by atoms with E-state index in [1.165, 1.54) is 0 Å². The monoisotopic (exact) mass is 193 g/mol. The van der Waals surface area contributed by atoms with Crippen LogP contribution in [-0.4, -0.2) is 30.4 Å². The van der Waals surface area contributed by atoms with Crippen LogP contribution in [0, 0.1) is 5.92 Å². The second-order valence-electron chi connectivity index (χ2n) is 2.24. The van der Waals surface area contributed by atoms with E-state index >= 15 is 0 Å².